The van der Waals surface area contributed by atoms with Gasteiger partial charge in [-0.25, -0.2) is 0 Å². The molecule has 0 saturated heterocycles. The highest BCUT2D eigenvalue weighted by molar-refractivity contribution is 6.36. The van der Waals surface area contributed by atoms with Crippen molar-refractivity contribution in [2.45, 2.75) is 6.42 Å². The summed E-state index contributed by atoms with van der Waals surface area (Å²) in [6.45, 7) is 3.58. The number of phenolic OH excluding ortho intramolecular Hbond substituents is 1. The molecule has 0 spiro atoms. The van der Waals surface area contributed by atoms with Gasteiger partial charge in [0.2, 0.25) is 0 Å². The van der Waals surface area contributed by atoms with Gasteiger partial charge in [-0.2, -0.15) is 0 Å². The van der Waals surface area contributed by atoms with E-state index in [1.807, 2.05) is 24.3 Å². The molecular weight excluding hydrogens is 400 g/mol. The Morgan fingerprint density at radius 1 is 0.742 bits per heavy atom. The van der Waals surface area contributed by atoms with E-state index in [0.29, 0.717) is 5.75 Å². The van der Waals surface area contributed by atoms with Crippen molar-refractivity contribution < 1.29 is 5.11 Å². The molecule has 0 saturated carbocycles. The first-order valence-corrected chi connectivity index (χ1v) is 10.6. The van der Waals surface area contributed by atoms with E-state index in [9.17, 15) is 0 Å². The van der Waals surface area contributed by atoms with Crippen molar-refractivity contribution in [1.29, 1.82) is 0 Å². The Hall–Kier alpha value is -3.55. The van der Waals surface area contributed by atoms with Crippen molar-refractivity contribution in [3.8, 4) is 5.75 Å². The fourth-order valence-electron chi connectivity index (χ4n) is 3.69. The van der Waals surface area contributed by atoms with E-state index in [1.54, 1.807) is 18.2 Å². The molecule has 4 aromatic rings. The van der Waals surface area contributed by atoms with E-state index in [1.165, 1.54) is 27.6 Å². The summed E-state index contributed by atoms with van der Waals surface area (Å²) in [4.78, 5) is 0. The van der Waals surface area contributed by atoms with Gasteiger partial charge in [0.15, 0.2) is 0 Å². The minimum absolute atomic E-state index is 0.292. The third kappa shape index (κ3) is 4.79. The number of aromatic hydroxyl groups is 1. The Morgan fingerprint density at radius 2 is 1.45 bits per heavy atom. The normalized spacial score (nSPS) is 11.9. The van der Waals surface area contributed by atoms with E-state index in [-0.39, 0.29) is 0 Å². The highest BCUT2D eigenvalue weighted by Gasteiger charge is 2.09. The summed E-state index contributed by atoms with van der Waals surface area (Å²) < 4.78 is 0. The molecule has 0 amide bonds. The standard InChI is InChI=1S/C12H7Cl.C9H8.C8H8O/c13-11-7-6-9-5-4-8-2-1-3-10(11)12(8)9;1-2-5-9-7-3-6-8(9)4-1;1-2-7-3-5-8(9)6-4-7/h1-7H;1-6H,7H2;2-6,9H,1H2. The number of hydrogen-bond acceptors (Lipinski definition) is 1. The molecule has 2 aliphatic rings. The number of rotatable bonds is 1. The van der Waals surface area contributed by atoms with Gasteiger partial charge in [-0.05, 0) is 57.8 Å². The lowest BCUT2D eigenvalue weighted by Gasteiger charge is -2.02. The van der Waals surface area contributed by atoms with Crippen molar-refractivity contribution in [2.75, 3.05) is 0 Å². The van der Waals surface area contributed by atoms with Crippen LogP contribution in [-0.4, -0.2) is 5.11 Å². The lowest BCUT2D eigenvalue weighted by molar-refractivity contribution is 0.475. The van der Waals surface area contributed by atoms with Gasteiger partial charge in [-0.3, -0.25) is 0 Å². The van der Waals surface area contributed by atoms with Crippen molar-refractivity contribution >= 4 is 46.7 Å². The van der Waals surface area contributed by atoms with Crippen molar-refractivity contribution in [2.24, 2.45) is 0 Å². The van der Waals surface area contributed by atoms with E-state index < -0.39 is 0 Å². The van der Waals surface area contributed by atoms with Gasteiger partial charge in [0.1, 0.15) is 5.75 Å². The van der Waals surface area contributed by atoms with Crippen LogP contribution >= 0.6 is 11.6 Å². The second kappa shape index (κ2) is 9.51. The van der Waals surface area contributed by atoms with Crippen molar-refractivity contribution in [1.82, 2.24) is 0 Å². The van der Waals surface area contributed by atoms with E-state index >= 15 is 0 Å². The molecule has 0 bridgehead atoms. The molecular formula is C29H23ClO. The second-order valence-corrected chi connectivity index (χ2v) is 7.75. The predicted molar refractivity (Wildman–Crippen MR) is 135 cm³/mol. The number of allylic oxidation sites excluding steroid dienone is 1. The maximum Gasteiger partial charge on any atom is 0.115 e. The lowest BCUT2D eigenvalue weighted by Crippen LogP contribution is -1.78. The summed E-state index contributed by atoms with van der Waals surface area (Å²) >= 11 is 6.10. The molecule has 2 heteroatoms. The molecule has 0 atom stereocenters. The largest absolute Gasteiger partial charge is 0.508 e. The highest BCUT2D eigenvalue weighted by Crippen LogP contribution is 2.34. The molecule has 0 unspecified atom stereocenters. The first-order chi connectivity index (χ1) is 15.2. The van der Waals surface area contributed by atoms with Gasteiger partial charge in [0.05, 0.1) is 0 Å². The van der Waals surface area contributed by atoms with Crippen LogP contribution in [0.1, 0.15) is 27.8 Å². The molecule has 0 aliphatic heterocycles. The zero-order valence-electron chi connectivity index (χ0n) is 17.1. The Kier molecular flexibility index (Phi) is 6.35. The van der Waals surface area contributed by atoms with Gasteiger partial charge in [0, 0.05) is 10.4 Å². The maximum absolute atomic E-state index is 8.82. The predicted octanol–water partition coefficient (Wildman–Crippen LogP) is 8.27. The van der Waals surface area contributed by atoms with Crippen LogP contribution in [0.2, 0.25) is 5.02 Å². The topological polar surface area (TPSA) is 20.2 Å². The number of halogens is 1. The van der Waals surface area contributed by atoms with Crippen LogP contribution in [0.15, 0.2) is 91.5 Å². The monoisotopic (exact) mass is 422 g/mol. The molecule has 152 valence electrons. The second-order valence-electron chi connectivity index (χ2n) is 7.34. The average Bonchev–Trinajstić information content (AvgIpc) is 3.46. The molecule has 0 aromatic heterocycles. The maximum atomic E-state index is 8.82. The summed E-state index contributed by atoms with van der Waals surface area (Å²) in [5, 5.41) is 12.1. The molecule has 0 heterocycles. The van der Waals surface area contributed by atoms with Crippen LogP contribution in [-0.2, 0) is 6.42 Å². The Morgan fingerprint density at radius 3 is 2.19 bits per heavy atom. The Balaban J connectivity index is 0.000000115. The molecule has 1 N–H and O–H groups in total. The minimum Gasteiger partial charge on any atom is -0.508 e. The zero-order valence-corrected chi connectivity index (χ0v) is 17.9. The van der Waals surface area contributed by atoms with Gasteiger partial charge < -0.3 is 5.11 Å². The molecule has 1 nitrogen and oxygen atoms in total. The summed E-state index contributed by atoms with van der Waals surface area (Å²) in [6, 6.07) is 25.6. The Bertz CT molecular complexity index is 1270. The van der Waals surface area contributed by atoms with E-state index in [0.717, 1.165) is 22.4 Å². The number of phenols is 1. The first-order valence-electron chi connectivity index (χ1n) is 10.2. The Labute approximate surface area is 188 Å². The van der Waals surface area contributed by atoms with Gasteiger partial charge in [-0.1, -0.05) is 109 Å². The fourth-order valence-corrected chi connectivity index (χ4v) is 3.91. The van der Waals surface area contributed by atoms with Gasteiger partial charge in [-0.15, -0.1) is 0 Å². The van der Waals surface area contributed by atoms with E-state index in [2.05, 4.69) is 73.3 Å². The van der Waals surface area contributed by atoms with Crippen molar-refractivity contribution in [3.63, 3.8) is 0 Å². The SMILES string of the molecule is C1=Cc2ccccc2C1.C=Cc1ccc(O)cc1.Clc1ccc2c3c(cccc13)C=C2. The summed E-state index contributed by atoms with van der Waals surface area (Å²) in [6.07, 6.45) is 11.5. The first kappa shape index (κ1) is 20.7. The van der Waals surface area contributed by atoms with Gasteiger partial charge >= 0.3 is 0 Å². The minimum atomic E-state index is 0.292. The van der Waals surface area contributed by atoms with Crippen LogP contribution in [0.4, 0.5) is 0 Å². The summed E-state index contributed by atoms with van der Waals surface area (Å²) in [5.41, 5.74) is 6.41. The fraction of sp³-hybridized carbons (Fsp3) is 0.0345. The highest BCUT2D eigenvalue weighted by atomic mass is 35.5. The quantitative estimate of drug-likeness (QED) is 0.288. The zero-order chi connectivity index (χ0) is 21.6. The molecule has 0 radical (unpaired) electrons. The summed E-state index contributed by atoms with van der Waals surface area (Å²) in [7, 11) is 0. The molecule has 31 heavy (non-hydrogen) atoms. The number of benzene rings is 4. The number of fused-ring (bicyclic) bond motifs is 1. The molecule has 2 aliphatic carbocycles. The molecule has 6 rings (SSSR count). The van der Waals surface area contributed by atoms with Gasteiger partial charge in [0.25, 0.3) is 0 Å². The van der Waals surface area contributed by atoms with E-state index in [4.69, 9.17) is 16.7 Å². The average molecular weight is 423 g/mol. The van der Waals surface area contributed by atoms with Crippen LogP contribution in [0.25, 0.3) is 35.1 Å². The smallest absolute Gasteiger partial charge is 0.115 e. The molecule has 0 fully saturated rings. The lowest BCUT2D eigenvalue weighted by atomic mass is 10.0. The van der Waals surface area contributed by atoms with Crippen LogP contribution in [0, 0.1) is 0 Å². The van der Waals surface area contributed by atoms with Crippen LogP contribution < -0.4 is 0 Å². The van der Waals surface area contributed by atoms with Crippen LogP contribution in [0.3, 0.4) is 0 Å². The summed E-state index contributed by atoms with van der Waals surface area (Å²) in [5.74, 6) is 0.292. The number of hydrogen-bond donors (Lipinski definition) is 1. The van der Waals surface area contributed by atoms with Crippen LogP contribution in [0.5, 0.6) is 5.75 Å². The molecule has 4 aromatic carbocycles. The third-order valence-electron chi connectivity index (χ3n) is 5.31. The third-order valence-corrected chi connectivity index (χ3v) is 5.64. The van der Waals surface area contributed by atoms with Crippen molar-refractivity contribution in [3.05, 3.63) is 124 Å².